The molecule has 1 unspecified atom stereocenters. The molecule has 5 heteroatoms. The van der Waals surface area contributed by atoms with Crippen LogP contribution >= 0.6 is 0 Å². The molecular weight excluding hydrogens is 246 g/mol. The summed E-state index contributed by atoms with van der Waals surface area (Å²) in [7, 11) is 0. The van der Waals surface area contributed by atoms with Crippen molar-refractivity contribution < 1.29 is 19.4 Å². The van der Waals surface area contributed by atoms with E-state index in [0.717, 1.165) is 18.4 Å². The van der Waals surface area contributed by atoms with Crippen molar-refractivity contribution in [2.75, 3.05) is 6.54 Å². The number of carbonyl (C=O) groups is 2. The molecule has 2 rings (SSSR count). The number of rotatable bonds is 3. The Morgan fingerprint density at radius 2 is 2.00 bits per heavy atom. The highest BCUT2D eigenvalue weighted by Gasteiger charge is 2.28. The molecule has 0 aliphatic carbocycles. The molecule has 19 heavy (non-hydrogen) atoms. The maximum Gasteiger partial charge on any atom is 0.410 e. The molecule has 5 nitrogen and oxygen atoms in total. The lowest BCUT2D eigenvalue weighted by atomic mass is 10.0. The van der Waals surface area contributed by atoms with Crippen LogP contribution in [0.1, 0.15) is 24.8 Å². The van der Waals surface area contributed by atoms with Crippen molar-refractivity contribution in [1.82, 2.24) is 4.90 Å². The minimum atomic E-state index is -1.21. The van der Waals surface area contributed by atoms with Gasteiger partial charge in [0, 0.05) is 6.54 Å². The second kappa shape index (κ2) is 6.22. The van der Waals surface area contributed by atoms with Crippen molar-refractivity contribution in [1.29, 1.82) is 0 Å². The van der Waals surface area contributed by atoms with E-state index in [1.54, 1.807) is 0 Å². The zero-order chi connectivity index (χ0) is 13.7. The molecule has 0 spiro atoms. The molecule has 1 aromatic rings. The van der Waals surface area contributed by atoms with E-state index in [-0.39, 0.29) is 6.61 Å². The standard InChI is InChI=1S/C14H17NO4/c16-13(17)12-8-4-5-9-15(12)14(18)19-10-11-6-2-1-3-7-11/h1-3,6-7,12H,4-5,8-10H2,(H,16,17)/p-1. The summed E-state index contributed by atoms with van der Waals surface area (Å²) in [5.41, 5.74) is 0.873. The molecule has 102 valence electrons. The zero-order valence-corrected chi connectivity index (χ0v) is 10.6. The van der Waals surface area contributed by atoms with Crippen molar-refractivity contribution in [2.24, 2.45) is 0 Å². The number of carbonyl (C=O) groups excluding carboxylic acids is 2. The molecule has 0 saturated carbocycles. The monoisotopic (exact) mass is 262 g/mol. The summed E-state index contributed by atoms with van der Waals surface area (Å²) in [4.78, 5) is 24.1. The summed E-state index contributed by atoms with van der Waals surface area (Å²) in [6, 6.07) is 8.42. The SMILES string of the molecule is O=C([O-])C1CCCCN1C(=O)OCc1ccccc1. The van der Waals surface area contributed by atoms with Gasteiger partial charge in [0.25, 0.3) is 0 Å². The number of amides is 1. The molecule has 0 radical (unpaired) electrons. The first kappa shape index (κ1) is 13.4. The smallest absolute Gasteiger partial charge is 0.410 e. The highest BCUT2D eigenvalue weighted by molar-refractivity contribution is 5.78. The van der Waals surface area contributed by atoms with Crippen molar-refractivity contribution in [3.05, 3.63) is 35.9 Å². The summed E-state index contributed by atoms with van der Waals surface area (Å²) in [6.45, 7) is 0.558. The van der Waals surface area contributed by atoms with Gasteiger partial charge in [-0.2, -0.15) is 0 Å². The summed E-state index contributed by atoms with van der Waals surface area (Å²) in [5, 5.41) is 11.0. The van der Waals surface area contributed by atoms with Crippen molar-refractivity contribution in [2.45, 2.75) is 31.9 Å². The maximum atomic E-state index is 11.9. The van der Waals surface area contributed by atoms with Gasteiger partial charge in [0.2, 0.25) is 0 Å². The summed E-state index contributed by atoms with van der Waals surface area (Å²) in [5.74, 6) is -1.21. The molecule has 1 aliphatic heterocycles. The van der Waals surface area contributed by atoms with E-state index in [2.05, 4.69) is 0 Å². The Hall–Kier alpha value is -2.04. The quantitative estimate of drug-likeness (QED) is 0.812. The molecule has 1 saturated heterocycles. The fourth-order valence-electron chi connectivity index (χ4n) is 2.20. The molecule has 1 aliphatic rings. The van der Waals surface area contributed by atoms with Crippen LogP contribution in [0.3, 0.4) is 0 Å². The minimum Gasteiger partial charge on any atom is -0.548 e. The lowest BCUT2D eigenvalue weighted by Gasteiger charge is -2.35. The molecule has 1 aromatic carbocycles. The second-order valence-corrected chi connectivity index (χ2v) is 4.56. The Morgan fingerprint density at radius 1 is 1.26 bits per heavy atom. The van der Waals surface area contributed by atoms with Crippen LogP contribution in [-0.4, -0.2) is 29.5 Å². The van der Waals surface area contributed by atoms with Crippen LogP contribution in [0.25, 0.3) is 0 Å². The molecular formula is C14H16NO4-. The van der Waals surface area contributed by atoms with Gasteiger partial charge >= 0.3 is 6.09 Å². The number of likely N-dealkylation sites (tertiary alicyclic amines) is 1. The number of benzene rings is 1. The molecule has 1 heterocycles. The van der Waals surface area contributed by atoms with Crippen LogP contribution in [0, 0.1) is 0 Å². The number of carboxylic acids is 1. The third-order valence-electron chi connectivity index (χ3n) is 3.21. The van der Waals surface area contributed by atoms with Crippen molar-refractivity contribution >= 4 is 12.1 Å². The Balaban J connectivity index is 1.93. The summed E-state index contributed by atoms with van der Waals surface area (Å²) < 4.78 is 5.14. The molecule has 0 aromatic heterocycles. The van der Waals surface area contributed by atoms with Gasteiger partial charge in [-0.15, -0.1) is 0 Å². The Kier molecular flexibility index (Phi) is 4.39. The number of hydrogen-bond donors (Lipinski definition) is 0. The van der Waals surface area contributed by atoms with E-state index >= 15 is 0 Å². The fraction of sp³-hybridized carbons (Fsp3) is 0.429. The van der Waals surface area contributed by atoms with Crippen LogP contribution < -0.4 is 5.11 Å². The molecule has 0 bridgehead atoms. The largest absolute Gasteiger partial charge is 0.548 e. The minimum absolute atomic E-state index is 0.149. The Labute approximate surface area is 111 Å². The Morgan fingerprint density at radius 3 is 2.68 bits per heavy atom. The van der Waals surface area contributed by atoms with E-state index < -0.39 is 18.1 Å². The number of ether oxygens (including phenoxy) is 1. The topological polar surface area (TPSA) is 69.7 Å². The number of hydrogen-bond acceptors (Lipinski definition) is 4. The first-order valence-corrected chi connectivity index (χ1v) is 6.36. The molecule has 1 fully saturated rings. The highest BCUT2D eigenvalue weighted by atomic mass is 16.6. The summed E-state index contributed by atoms with van der Waals surface area (Å²) >= 11 is 0. The van der Waals surface area contributed by atoms with Crippen LogP contribution in [-0.2, 0) is 16.1 Å². The van der Waals surface area contributed by atoms with Crippen molar-refractivity contribution in [3.63, 3.8) is 0 Å². The van der Waals surface area contributed by atoms with Crippen LogP contribution in [0.2, 0.25) is 0 Å². The first-order chi connectivity index (χ1) is 9.18. The van der Waals surface area contributed by atoms with E-state index in [1.807, 2.05) is 30.3 Å². The van der Waals surface area contributed by atoms with Gasteiger partial charge in [-0.25, -0.2) is 4.79 Å². The number of aliphatic carboxylic acids is 1. The van der Waals surface area contributed by atoms with Gasteiger partial charge in [-0.3, -0.25) is 4.90 Å². The van der Waals surface area contributed by atoms with Crippen molar-refractivity contribution in [3.8, 4) is 0 Å². The van der Waals surface area contributed by atoms with Gasteiger partial charge in [0.1, 0.15) is 6.61 Å². The van der Waals surface area contributed by atoms with E-state index in [1.165, 1.54) is 4.90 Å². The number of nitrogens with zero attached hydrogens (tertiary/aromatic N) is 1. The average Bonchev–Trinajstić information content (AvgIpc) is 2.46. The third-order valence-corrected chi connectivity index (χ3v) is 3.21. The van der Waals surface area contributed by atoms with E-state index in [9.17, 15) is 14.7 Å². The fourth-order valence-corrected chi connectivity index (χ4v) is 2.20. The van der Waals surface area contributed by atoms with Crippen LogP contribution in [0.4, 0.5) is 4.79 Å². The third kappa shape index (κ3) is 3.47. The second-order valence-electron chi connectivity index (χ2n) is 4.56. The lowest BCUT2D eigenvalue weighted by molar-refractivity contribution is -0.311. The number of piperidine rings is 1. The van der Waals surface area contributed by atoms with Crippen LogP contribution in [0.15, 0.2) is 30.3 Å². The maximum absolute atomic E-state index is 11.9. The van der Waals surface area contributed by atoms with Gasteiger partial charge in [0.15, 0.2) is 0 Å². The van der Waals surface area contributed by atoms with Gasteiger partial charge in [-0.05, 0) is 24.8 Å². The summed E-state index contributed by atoms with van der Waals surface area (Å²) in [6.07, 6.45) is 1.44. The number of carboxylic acid groups (broad SMARTS) is 1. The normalized spacial score (nSPS) is 18.9. The predicted octanol–water partition coefficient (Wildman–Crippen LogP) is 0.928. The van der Waals surface area contributed by atoms with Crippen LogP contribution in [0.5, 0.6) is 0 Å². The van der Waals surface area contributed by atoms with Gasteiger partial charge in [-0.1, -0.05) is 30.3 Å². The lowest BCUT2D eigenvalue weighted by Crippen LogP contribution is -2.52. The van der Waals surface area contributed by atoms with E-state index in [0.29, 0.717) is 13.0 Å². The zero-order valence-electron chi connectivity index (χ0n) is 10.6. The molecule has 1 atom stereocenters. The molecule has 0 N–H and O–H groups in total. The Bertz CT molecular complexity index is 446. The van der Waals surface area contributed by atoms with E-state index in [4.69, 9.17) is 4.74 Å². The van der Waals surface area contributed by atoms with Gasteiger partial charge in [0.05, 0.1) is 12.0 Å². The first-order valence-electron chi connectivity index (χ1n) is 6.36. The van der Waals surface area contributed by atoms with Gasteiger partial charge < -0.3 is 14.6 Å². The molecule has 1 amide bonds. The average molecular weight is 262 g/mol. The predicted molar refractivity (Wildman–Crippen MR) is 66.0 cm³/mol. The highest BCUT2D eigenvalue weighted by Crippen LogP contribution is 2.18.